The van der Waals surface area contributed by atoms with Gasteiger partial charge in [0.05, 0.1) is 0 Å². The molecule has 2 spiro atoms. The number of para-hydroxylation sites is 2. The third kappa shape index (κ3) is 3.90. The number of aromatic nitrogens is 1. The molecule has 0 saturated heterocycles. The summed E-state index contributed by atoms with van der Waals surface area (Å²) in [6.45, 7) is 0.0946. The van der Waals surface area contributed by atoms with Crippen molar-refractivity contribution < 1.29 is 0 Å². The van der Waals surface area contributed by atoms with E-state index in [1.54, 1.807) is 33.1 Å². The maximum atomic E-state index is 2.92. The minimum atomic E-state index is 0.0946. The monoisotopic (exact) mass is 916 g/mol. The Morgan fingerprint density at radius 3 is 1.87 bits per heavy atom. The van der Waals surface area contributed by atoms with Crippen LogP contribution in [0.2, 0.25) is 0 Å². The number of nitrogens with zero attached hydrogens (tertiary/aromatic N) is 2. The van der Waals surface area contributed by atoms with E-state index in [4.69, 9.17) is 0 Å². The molecule has 5 atom stereocenters. The topological polar surface area (TPSA) is 8.17 Å². The third-order valence-corrected chi connectivity index (χ3v) is 24.9. The predicted octanol–water partition coefficient (Wildman–Crippen LogP) is 14.9. The summed E-state index contributed by atoms with van der Waals surface area (Å²) in [7, 11) is 0. The summed E-state index contributed by atoms with van der Waals surface area (Å²) in [5.74, 6) is 6.15. The van der Waals surface area contributed by atoms with Crippen molar-refractivity contribution in [1.29, 1.82) is 0 Å². The lowest BCUT2D eigenvalue weighted by molar-refractivity contribution is -0.175. The molecule has 20 rings (SSSR count). The van der Waals surface area contributed by atoms with Crippen LogP contribution in [0.15, 0.2) is 146 Å². The highest BCUT2D eigenvalue weighted by molar-refractivity contribution is 7.22. The number of benzene rings is 7. The van der Waals surface area contributed by atoms with E-state index in [2.05, 4.69) is 155 Å². The first-order chi connectivity index (χ1) is 34.5. The molecule has 9 aliphatic carbocycles. The summed E-state index contributed by atoms with van der Waals surface area (Å²) in [6, 6.07) is 58.3. The van der Waals surface area contributed by atoms with Gasteiger partial charge in [0.15, 0.2) is 0 Å². The Hall–Kier alpha value is -5.84. The van der Waals surface area contributed by atoms with E-state index in [1.807, 2.05) is 11.3 Å². The van der Waals surface area contributed by atoms with Crippen molar-refractivity contribution >= 4 is 78.1 Å². The van der Waals surface area contributed by atoms with Gasteiger partial charge in [-0.2, -0.15) is 0 Å². The normalized spacial score (nSPS) is 34.6. The fourth-order valence-electron chi connectivity index (χ4n) is 21.2. The van der Waals surface area contributed by atoms with Crippen LogP contribution in [0, 0.1) is 46.3 Å². The van der Waals surface area contributed by atoms with Crippen molar-refractivity contribution in [2.24, 2.45) is 46.3 Å². The summed E-state index contributed by atoms with van der Waals surface area (Å²) in [6.07, 6.45) is 15.7. The molecule has 2 aliphatic heterocycles. The number of rotatable bonds is 5. The summed E-state index contributed by atoms with van der Waals surface area (Å²) in [5.41, 5.74) is 24.2. The van der Waals surface area contributed by atoms with Crippen molar-refractivity contribution in [3.8, 4) is 21.6 Å². The first-order valence-corrected chi connectivity index (χ1v) is 28.2. The Balaban J connectivity index is 0.905. The lowest BCUT2D eigenvalue weighted by Crippen LogP contribution is -2.59. The van der Waals surface area contributed by atoms with E-state index in [0.717, 1.165) is 41.9 Å². The molecule has 0 amide bonds. The zero-order valence-corrected chi connectivity index (χ0v) is 40.4. The molecule has 336 valence electrons. The maximum Gasteiger partial charge on any atom is 0.329 e. The molecule has 11 aliphatic rings. The lowest BCUT2D eigenvalue weighted by Gasteiger charge is -2.66. The van der Waals surface area contributed by atoms with Crippen LogP contribution in [-0.2, 0) is 17.3 Å². The molecule has 70 heavy (non-hydrogen) atoms. The van der Waals surface area contributed by atoms with Crippen molar-refractivity contribution in [3.63, 3.8) is 0 Å². The van der Waals surface area contributed by atoms with Gasteiger partial charge in [0, 0.05) is 59.9 Å². The second kappa shape index (κ2) is 11.7. The summed E-state index contributed by atoms with van der Waals surface area (Å²) >= 11 is 2.02. The van der Waals surface area contributed by atoms with Crippen molar-refractivity contribution in [2.75, 3.05) is 4.90 Å². The fourth-order valence-corrected chi connectivity index (χ4v) is 22.5. The standard InChI is InChI=1S/C66H53BN2S/c1-3-10-44(11-4-1)68(45-12-5-2-6-13-45)46-27-51-50-29-55-47-14-7-8-17-58(47)70-62(55)48-15-9-16-56(59(48)50)67-60(51)52(28-46)54-26-37(64-32-42-22-39-23-43(33-64)66(39,42)35-64)25-53-49-24-36(18-19-57(49)69(67)61(53)54)63-30-40-20-38-21-41(31-63)65(38,40)34-63/h1-19,24-28,38-43,50H,20-23,29-35H2. The number of fused-ring (bicyclic) bond motifs is 13. The van der Waals surface area contributed by atoms with Gasteiger partial charge in [-0.3, -0.25) is 0 Å². The molecule has 2 aromatic heterocycles. The summed E-state index contributed by atoms with van der Waals surface area (Å²) < 4.78 is 4.34. The van der Waals surface area contributed by atoms with E-state index in [9.17, 15) is 0 Å². The largest absolute Gasteiger partial charge is 0.375 e. The number of hydrogen-bond acceptors (Lipinski definition) is 2. The molecule has 9 aromatic rings. The van der Waals surface area contributed by atoms with Gasteiger partial charge >= 0.3 is 6.85 Å². The Labute approximate surface area is 413 Å². The van der Waals surface area contributed by atoms with E-state index in [1.165, 1.54) is 140 Å². The van der Waals surface area contributed by atoms with Crippen LogP contribution in [0.1, 0.15) is 97.9 Å². The molecule has 0 N–H and O–H groups in total. The van der Waals surface area contributed by atoms with Gasteiger partial charge in [0.1, 0.15) is 0 Å². The second-order valence-corrected chi connectivity index (χ2v) is 26.5. The SMILES string of the molecule is c1ccc(N(c2ccccc2)c2cc3c4c(c2)C2Cc5c(sc6ccccc56)-c5cccc(c52)B4n2c4ccc(C56CC7CC8CC(C5)C87C6)cc4c4cc(C56CC7CC8CC(C5)C87C6)cc-3c42)cc1. The molecule has 0 radical (unpaired) electrons. The van der Waals surface area contributed by atoms with Gasteiger partial charge in [-0.25, -0.2) is 0 Å². The molecular weight excluding hydrogens is 864 g/mol. The van der Waals surface area contributed by atoms with Crippen LogP contribution in [0.5, 0.6) is 0 Å². The second-order valence-electron chi connectivity index (χ2n) is 25.5. The van der Waals surface area contributed by atoms with Crippen molar-refractivity contribution in [1.82, 2.24) is 4.48 Å². The Kier molecular flexibility index (Phi) is 6.21. The van der Waals surface area contributed by atoms with Gasteiger partial charge in [0.2, 0.25) is 0 Å². The Bertz CT molecular complexity index is 3860. The van der Waals surface area contributed by atoms with E-state index < -0.39 is 0 Å². The minimum Gasteiger partial charge on any atom is -0.375 e. The molecule has 4 heteroatoms. The van der Waals surface area contributed by atoms with E-state index in [0.29, 0.717) is 21.7 Å². The zero-order valence-electron chi connectivity index (χ0n) is 39.6. The van der Waals surface area contributed by atoms with Crippen LogP contribution < -0.4 is 15.8 Å². The molecule has 7 aromatic carbocycles. The van der Waals surface area contributed by atoms with Gasteiger partial charge in [-0.05, 0) is 250 Å². The average Bonchev–Trinajstić information content (AvgIpc) is 4.23. The molecule has 4 bridgehead atoms. The first-order valence-electron chi connectivity index (χ1n) is 27.4. The Morgan fingerprint density at radius 2 is 1.19 bits per heavy atom. The average molecular weight is 917 g/mol. The van der Waals surface area contributed by atoms with Gasteiger partial charge in [0.25, 0.3) is 0 Å². The highest BCUT2D eigenvalue weighted by atomic mass is 32.1. The third-order valence-electron chi connectivity index (χ3n) is 23.6. The predicted molar refractivity (Wildman–Crippen MR) is 288 cm³/mol. The number of thiophene rings is 1. The van der Waals surface area contributed by atoms with E-state index >= 15 is 0 Å². The minimum absolute atomic E-state index is 0.0946. The highest BCUT2D eigenvalue weighted by Crippen LogP contribution is 2.86. The van der Waals surface area contributed by atoms with Crippen molar-refractivity contribution in [3.05, 3.63) is 173 Å². The molecule has 4 heterocycles. The van der Waals surface area contributed by atoms with Crippen LogP contribution in [0.4, 0.5) is 17.1 Å². The van der Waals surface area contributed by atoms with Crippen LogP contribution >= 0.6 is 11.3 Å². The van der Waals surface area contributed by atoms with Gasteiger partial charge < -0.3 is 9.38 Å². The summed E-state index contributed by atoms with van der Waals surface area (Å²) in [5, 5.41) is 4.53. The molecule has 5 unspecified atom stereocenters. The fraction of sp³-hybridized carbons (Fsp3) is 0.333. The smallest absolute Gasteiger partial charge is 0.329 e. The molecule has 8 saturated carbocycles. The van der Waals surface area contributed by atoms with Gasteiger partial charge in [-0.1, -0.05) is 78.9 Å². The molecular formula is C66H53BN2S. The van der Waals surface area contributed by atoms with E-state index in [-0.39, 0.29) is 12.8 Å². The quantitative estimate of drug-likeness (QED) is 0.156. The lowest BCUT2D eigenvalue weighted by atomic mass is 9.38. The van der Waals surface area contributed by atoms with Crippen LogP contribution in [0.25, 0.3) is 53.5 Å². The van der Waals surface area contributed by atoms with Crippen LogP contribution in [-0.4, -0.2) is 11.3 Å². The first kappa shape index (κ1) is 37.0. The maximum absolute atomic E-state index is 2.92. The number of hydrogen-bond donors (Lipinski definition) is 0. The van der Waals surface area contributed by atoms with Crippen LogP contribution in [0.3, 0.4) is 0 Å². The zero-order chi connectivity index (χ0) is 44.8. The number of anilines is 3. The molecule has 2 nitrogen and oxygen atoms in total. The summed E-state index contributed by atoms with van der Waals surface area (Å²) in [4.78, 5) is 4.05. The Morgan fingerprint density at radius 1 is 0.529 bits per heavy atom. The van der Waals surface area contributed by atoms with Crippen molar-refractivity contribution in [2.45, 2.75) is 87.4 Å². The van der Waals surface area contributed by atoms with Gasteiger partial charge in [-0.15, -0.1) is 11.3 Å². The molecule has 8 fully saturated rings. The highest BCUT2D eigenvalue weighted by Gasteiger charge is 2.78.